The first-order valence-corrected chi connectivity index (χ1v) is 7.73. The van der Waals surface area contributed by atoms with Crippen LogP contribution in [0.5, 0.6) is 0 Å². The minimum atomic E-state index is -0.635. The van der Waals surface area contributed by atoms with Gasteiger partial charge in [0.1, 0.15) is 11.6 Å². The van der Waals surface area contributed by atoms with Gasteiger partial charge >= 0.3 is 0 Å². The van der Waals surface area contributed by atoms with Gasteiger partial charge in [-0.15, -0.1) is 0 Å². The van der Waals surface area contributed by atoms with Crippen molar-refractivity contribution in [1.82, 2.24) is 4.90 Å². The minimum Gasteiger partial charge on any atom is -0.389 e. The Kier molecular flexibility index (Phi) is 7.93. The van der Waals surface area contributed by atoms with Gasteiger partial charge in [0.15, 0.2) is 0 Å². The first kappa shape index (κ1) is 19.0. The molecule has 126 valence electrons. The Morgan fingerprint density at radius 3 is 2.36 bits per heavy atom. The van der Waals surface area contributed by atoms with Gasteiger partial charge in [-0.05, 0) is 25.8 Å². The third-order valence-corrected chi connectivity index (χ3v) is 3.12. The van der Waals surface area contributed by atoms with Crippen molar-refractivity contribution in [2.45, 2.75) is 46.4 Å². The molecule has 0 amide bonds. The van der Waals surface area contributed by atoms with Crippen LogP contribution >= 0.6 is 0 Å². The summed E-state index contributed by atoms with van der Waals surface area (Å²) in [5.74, 6) is -0.759. The lowest BCUT2D eigenvalue weighted by Crippen LogP contribution is -2.37. The quantitative estimate of drug-likeness (QED) is 0.759. The van der Waals surface area contributed by atoms with Crippen LogP contribution in [-0.2, 0) is 11.3 Å². The van der Waals surface area contributed by atoms with E-state index in [-0.39, 0.29) is 12.7 Å². The highest BCUT2D eigenvalue weighted by Crippen LogP contribution is 2.14. The van der Waals surface area contributed by atoms with Crippen molar-refractivity contribution in [3.63, 3.8) is 0 Å². The first-order valence-electron chi connectivity index (χ1n) is 7.73. The second-order valence-corrected chi connectivity index (χ2v) is 6.36. The normalized spacial score (nSPS) is 13.4. The van der Waals surface area contributed by atoms with Crippen LogP contribution in [0.1, 0.15) is 33.3 Å². The van der Waals surface area contributed by atoms with Gasteiger partial charge in [-0.3, -0.25) is 4.90 Å². The molecule has 0 spiro atoms. The summed E-state index contributed by atoms with van der Waals surface area (Å²) >= 11 is 0. The van der Waals surface area contributed by atoms with E-state index in [1.165, 1.54) is 12.1 Å². The fraction of sp³-hybridized carbons (Fsp3) is 0.647. The maximum Gasteiger partial charge on any atom is 0.130 e. The number of hydrogen-bond acceptors (Lipinski definition) is 3. The monoisotopic (exact) mass is 315 g/mol. The van der Waals surface area contributed by atoms with Crippen LogP contribution in [0.4, 0.5) is 8.78 Å². The highest BCUT2D eigenvalue weighted by atomic mass is 19.1. The summed E-state index contributed by atoms with van der Waals surface area (Å²) < 4.78 is 32.2. The van der Waals surface area contributed by atoms with Crippen molar-refractivity contribution in [1.29, 1.82) is 0 Å². The van der Waals surface area contributed by atoms with Gasteiger partial charge in [0.25, 0.3) is 0 Å². The van der Waals surface area contributed by atoms with Gasteiger partial charge in [0.05, 0.1) is 18.8 Å². The topological polar surface area (TPSA) is 32.7 Å². The predicted molar refractivity (Wildman–Crippen MR) is 83.6 cm³/mol. The molecule has 0 fully saturated rings. The second kappa shape index (κ2) is 9.18. The molecule has 1 aromatic rings. The van der Waals surface area contributed by atoms with E-state index < -0.39 is 17.7 Å². The molecule has 5 heteroatoms. The Morgan fingerprint density at radius 2 is 1.82 bits per heavy atom. The SMILES string of the molecule is CC(C)CN(Cc1ccc(F)cc1F)C[C@H](O)COC(C)C. The molecule has 0 aromatic heterocycles. The zero-order chi connectivity index (χ0) is 16.7. The molecule has 0 bridgehead atoms. The Bertz CT molecular complexity index is 452. The molecule has 1 atom stereocenters. The molecule has 1 aromatic carbocycles. The number of ether oxygens (including phenoxy) is 1. The fourth-order valence-electron chi connectivity index (χ4n) is 2.27. The summed E-state index contributed by atoms with van der Waals surface area (Å²) in [4.78, 5) is 1.97. The van der Waals surface area contributed by atoms with Gasteiger partial charge in [-0.25, -0.2) is 8.78 Å². The largest absolute Gasteiger partial charge is 0.389 e. The van der Waals surface area contributed by atoms with Gasteiger partial charge in [0.2, 0.25) is 0 Å². The van der Waals surface area contributed by atoms with Crippen molar-refractivity contribution in [2.75, 3.05) is 19.7 Å². The van der Waals surface area contributed by atoms with Crippen molar-refractivity contribution in [2.24, 2.45) is 5.92 Å². The van der Waals surface area contributed by atoms with E-state index in [2.05, 4.69) is 13.8 Å². The maximum absolute atomic E-state index is 13.8. The Morgan fingerprint density at radius 1 is 1.14 bits per heavy atom. The van der Waals surface area contributed by atoms with Gasteiger partial charge in [0, 0.05) is 31.3 Å². The van der Waals surface area contributed by atoms with Gasteiger partial charge < -0.3 is 9.84 Å². The lowest BCUT2D eigenvalue weighted by Gasteiger charge is -2.27. The highest BCUT2D eigenvalue weighted by molar-refractivity contribution is 5.18. The van der Waals surface area contributed by atoms with E-state index in [0.29, 0.717) is 24.6 Å². The molecular weight excluding hydrogens is 288 g/mol. The molecular formula is C17H27F2NO2. The molecule has 0 aliphatic heterocycles. The van der Waals surface area contributed by atoms with E-state index in [0.717, 1.165) is 12.6 Å². The molecule has 0 unspecified atom stereocenters. The third-order valence-electron chi connectivity index (χ3n) is 3.12. The summed E-state index contributed by atoms with van der Waals surface area (Å²) in [6.07, 6.45) is -0.576. The number of hydrogen-bond donors (Lipinski definition) is 1. The first-order chi connectivity index (χ1) is 10.3. The summed E-state index contributed by atoms with van der Waals surface area (Å²) in [6.45, 7) is 9.63. The van der Waals surface area contributed by atoms with Crippen LogP contribution in [0.15, 0.2) is 18.2 Å². The van der Waals surface area contributed by atoms with Gasteiger partial charge in [-0.1, -0.05) is 19.9 Å². The number of nitrogens with zero attached hydrogens (tertiary/aromatic N) is 1. The molecule has 0 saturated carbocycles. The van der Waals surface area contributed by atoms with Crippen molar-refractivity contribution < 1.29 is 18.6 Å². The number of aliphatic hydroxyl groups is 1. The van der Waals surface area contributed by atoms with Gasteiger partial charge in [-0.2, -0.15) is 0 Å². The van der Waals surface area contributed by atoms with Crippen molar-refractivity contribution >= 4 is 0 Å². The zero-order valence-corrected chi connectivity index (χ0v) is 13.9. The van der Waals surface area contributed by atoms with E-state index in [4.69, 9.17) is 4.74 Å². The lowest BCUT2D eigenvalue weighted by molar-refractivity contribution is -0.0109. The number of benzene rings is 1. The van der Waals surface area contributed by atoms with Crippen LogP contribution in [0.25, 0.3) is 0 Å². The van der Waals surface area contributed by atoms with Crippen molar-refractivity contribution in [3.05, 3.63) is 35.4 Å². The van der Waals surface area contributed by atoms with Crippen LogP contribution in [0.3, 0.4) is 0 Å². The Hall–Kier alpha value is -1.04. The number of halogens is 2. The molecule has 0 heterocycles. The van der Waals surface area contributed by atoms with E-state index in [9.17, 15) is 13.9 Å². The molecule has 3 nitrogen and oxygen atoms in total. The summed E-state index contributed by atoms with van der Waals surface area (Å²) in [7, 11) is 0. The third kappa shape index (κ3) is 7.29. The molecule has 0 aliphatic rings. The smallest absolute Gasteiger partial charge is 0.130 e. The van der Waals surface area contributed by atoms with Crippen molar-refractivity contribution in [3.8, 4) is 0 Å². The van der Waals surface area contributed by atoms with Crippen LogP contribution < -0.4 is 0 Å². The van der Waals surface area contributed by atoms with E-state index >= 15 is 0 Å². The minimum absolute atomic E-state index is 0.0581. The average molecular weight is 315 g/mol. The molecule has 0 aliphatic carbocycles. The predicted octanol–water partition coefficient (Wildman–Crippen LogP) is 3.21. The molecule has 0 saturated heterocycles. The summed E-state index contributed by atoms with van der Waals surface area (Å²) in [5, 5.41) is 10.1. The summed E-state index contributed by atoms with van der Waals surface area (Å²) in [5.41, 5.74) is 0.430. The number of rotatable bonds is 9. The Labute approximate surface area is 131 Å². The molecule has 22 heavy (non-hydrogen) atoms. The van der Waals surface area contributed by atoms with E-state index in [1.54, 1.807) is 0 Å². The molecule has 0 radical (unpaired) electrons. The van der Waals surface area contributed by atoms with E-state index in [1.807, 2.05) is 18.7 Å². The maximum atomic E-state index is 13.8. The van der Waals surface area contributed by atoms with Crippen LogP contribution in [-0.4, -0.2) is 41.9 Å². The van der Waals surface area contributed by atoms with Crippen LogP contribution in [0, 0.1) is 17.6 Å². The Balaban J connectivity index is 2.67. The lowest BCUT2D eigenvalue weighted by atomic mass is 10.1. The molecule has 1 rings (SSSR count). The average Bonchev–Trinajstić information content (AvgIpc) is 2.39. The number of aliphatic hydroxyl groups excluding tert-OH is 1. The fourth-order valence-corrected chi connectivity index (χ4v) is 2.27. The standard InChI is InChI=1S/C17H27F2NO2/c1-12(2)8-20(10-16(21)11-22-13(3)4)9-14-5-6-15(18)7-17(14)19/h5-7,12-13,16,21H,8-11H2,1-4H3/t16-/m0/s1. The zero-order valence-electron chi connectivity index (χ0n) is 13.9. The molecule has 1 N–H and O–H groups in total. The second-order valence-electron chi connectivity index (χ2n) is 6.36. The highest BCUT2D eigenvalue weighted by Gasteiger charge is 2.16. The van der Waals surface area contributed by atoms with Crippen LogP contribution in [0.2, 0.25) is 0 Å². The summed E-state index contributed by atoms with van der Waals surface area (Å²) in [6, 6.07) is 3.60.